The number of esters is 1. The van der Waals surface area contributed by atoms with Gasteiger partial charge in [-0.05, 0) is 13.8 Å². The molecule has 0 bridgehead atoms. The Bertz CT molecular complexity index is 340. The second-order valence-electron chi connectivity index (χ2n) is 3.83. The molecular weight excluding hydrogens is 222 g/mol. The average molecular weight is 237 g/mol. The van der Waals surface area contributed by atoms with Crippen molar-refractivity contribution in [1.29, 1.82) is 0 Å². The topological polar surface area (TPSA) is 83.9 Å². The normalized spacial score (nSPS) is 20.7. The van der Waals surface area contributed by atoms with Gasteiger partial charge in [-0.3, -0.25) is 4.79 Å². The third kappa shape index (κ3) is 3.15. The molecule has 1 aliphatic heterocycles. The van der Waals surface area contributed by atoms with Crippen molar-refractivity contribution >= 4 is 16.0 Å². The van der Waals surface area contributed by atoms with Gasteiger partial charge in [-0.2, -0.15) is 4.31 Å². The summed E-state index contributed by atoms with van der Waals surface area (Å²) >= 11 is 0. The van der Waals surface area contributed by atoms with Gasteiger partial charge in [0.25, 0.3) is 0 Å². The number of β-amino-alcohol motifs (C(OH)–C–C–N with tert-alkyl or cyclic N) is 1. The van der Waals surface area contributed by atoms with Crippen LogP contribution in [0, 0.1) is 0 Å². The van der Waals surface area contributed by atoms with E-state index in [4.69, 9.17) is 0 Å². The first kappa shape index (κ1) is 12.4. The number of ether oxygens (including phenoxy) is 1. The lowest BCUT2D eigenvalue weighted by molar-refractivity contribution is -0.140. The molecule has 88 valence electrons. The number of carbonyl (C=O) groups is 1. The minimum atomic E-state index is -3.62. The van der Waals surface area contributed by atoms with Gasteiger partial charge in [0.2, 0.25) is 10.0 Å². The predicted octanol–water partition coefficient (Wildman–Crippen LogP) is -1.05. The van der Waals surface area contributed by atoms with E-state index in [9.17, 15) is 18.3 Å². The van der Waals surface area contributed by atoms with E-state index in [0.717, 1.165) is 4.31 Å². The number of rotatable bonds is 4. The number of nitrogens with zero attached hydrogens (tertiary/aromatic N) is 1. The predicted molar refractivity (Wildman–Crippen MR) is 52.6 cm³/mol. The largest absolute Gasteiger partial charge is 0.465 e. The first-order valence-electron chi connectivity index (χ1n) is 4.63. The first-order chi connectivity index (χ1) is 6.77. The maximum Gasteiger partial charge on any atom is 0.322 e. The highest BCUT2D eigenvalue weighted by Gasteiger charge is 2.43. The Morgan fingerprint density at radius 1 is 1.53 bits per heavy atom. The molecule has 0 spiro atoms. The lowest BCUT2D eigenvalue weighted by Crippen LogP contribution is -2.62. The van der Waals surface area contributed by atoms with Crippen molar-refractivity contribution in [2.45, 2.75) is 19.4 Å². The zero-order valence-electron chi connectivity index (χ0n) is 8.76. The standard InChI is InChI=1S/C8H15NO5S/c1-3-14-7(10)4-15(12,13)9-5-8(2,11)6-9/h11H,3-6H2,1-2H3. The van der Waals surface area contributed by atoms with Crippen molar-refractivity contribution in [3.05, 3.63) is 0 Å². The van der Waals surface area contributed by atoms with E-state index in [2.05, 4.69) is 4.74 Å². The molecule has 1 rings (SSSR count). The summed E-state index contributed by atoms with van der Waals surface area (Å²) < 4.78 is 28.6. The van der Waals surface area contributed by atoms with E-state index in [1.165, 1.54) is 0 Å². The van der Waals surface area contributed by atoms with E-state index >= 15 is 0 Å². The molecule has 1 N–H and O–H groups in total. The molecule has 1 saturated heterocycles. The molecule has 1 fully saturated rings. The Labute approximate surface area is 88.9 Å². The molecule has 0 aromatic carbocycles. The van der Waals surface area contributed by atoms with Crippen LogP contribution >= 0.6 is 0 Å². The molecule has 0 unspecified atom stereocenters. The van der Waals surface area contributed by atoms with Crippen molar-refractivity contribution in [2.24, 2.45) is 0 Å². The van der Waals surface area contributed by atoms with Crippen LogP contribution in [-0.4, -0.2) is 54.8 Å². The summed E-state index contributed by atoms with van der Waals surface area (Å²) in [6.07, 6.45) is 0. The van der Waals surface area contributed by atoms with Crippen molar-refractivity contribution in [2.75, 3.05) is 25.4 Å². The highest BCUT2D eigenvalue weighted by Crippen LogP contribution is 2.23. The molecule has 15 heavy (non-hydrogen) atoms. The van der Waals surface area contributed by atoms with Gasteiger partial charge < -0.3 is 9.84 Å². The van der Waals surface area contributed by atoms with Gasteiger partial charge in [0.15, 0.2) is 5.75 Å². The molecular formula is C8H15NO5S. The minimum Gasteiger partial charge on any atom is -0.465 e. The molecule has 0 amide bonds. The summed E-state index contributed by atoms with van der Waals surface area (Å²) in [5.41, 5.74) is -0.971. The maximum absolute atomic E-state index is 11.5. The summed E-state index contributed by atoms with van der Waals surface area (Å²) in [4.78, 5) is 11.0. The second kappa shape index (κ2) is 4.07. The molecule has 0 saturated carbocycles. The Balaban J connectivity index is 2.51. The fraction of sp³-hybridized carbons (Fsp3) is 0.875. The van der Waals surface area contributed by atoms with Crippen molar-refractivity contribution in [3.63, 3.8) is 0 Å². The van der Waals surface area contributed by atoms with Gasteiger partial charge in [-0.25, -0.2) is 8.42 Å². The van der Waals surface area contributed by atoms with E-state index in [-0.39, 0.29) is 19.7 Å². The number of aliphatic hydroxyl groups is 1. The average Bonchev–Trinajstić information content (AvgIpc) is 1.99. The van der Waals surface area contributed by atoms with Crippen LogP contribution in [0.5, 0.6) is 0 Å². The molecule has 0 aromatic heterocycles. The van der Waals surface area contributed by atoms with Crippen LogP contribution in [0.2, 0.25) is 0 Å². The van der Waals surface area contributed by atoms with Crippen LogP contribution in [0.4, 0.5) is 0 Å². The van der Waals surface area contributed by atoms with Gasteiger partial charge in [0, 0.05) is 13.1 Å². The van der Waals surface area contributed by atoms with Gasteiger partial charge in [-0.1, -0.05) is 0 Å². The summed E-state index contributed by atoms with van der Waals surface area (Å²) in [6.45, 7) is 3.39. The quantitative estimate of drug-likeness (QED) is 0.630. The molecule has 1 heterocycles. The third-order valence-corrected chi connectivity index (χ3v) is 3.68. The van der Waals surface area contributed by atoms with E-state index in [0.29, 0.717) is 0 Å². The highest BCUT2D eigenvalue weighted by molar-refractivity contribution is 7.89. The van der Waals surface area contributed by atoms with Crippen LogP contribution in [0.15, 0.2) is 0 Å². The Morgan fingerprint density at radius 3 is 2.47 bits per heavy atom. The minimum absolute atomic E-state index is 0.0364. The molecule has 1 aliphatic rings. The van der Waals surface area contributed by atoms with Gasteiger partial charge in [0.05, 0.1) is 12.2 Å². The summed E-state index contributed by atoms with van der Waals surface area (Å²) in [7, 11) is -3.62. The first-order valence-corrected chi connectivity index (χ1v) is 6.23. The smallest absolute Gasteiger partial charge is 0.322 e. The monoisotopic (exact) mass is 237 g/mol. The maximum atomic E-state index is 11.5. The fourth-order valence-electron chi connectivity index (χ4n) is 1.35. The van der Waals surface area contributed by atoms with Crippen LogP contribution in [0.25, 0.3) is 0 Å². The van der Waals surface area contributed by atoms with E-state index < -0.39 is 27.3 Å². The lowest BCUT2D eigenvalue weighted by Gasteiger charge is -2.42. The van der Waals surface area contributed by atoms with Crippen molar-refractivity contribution in [1.82, 2.24) is 4.31 Å². The molecule has 0 atom stereocenters. The number of carbonyl (C=O) groups excluding carboxylic acids is 1. The van der Waals surface area contributed by atoms with Crippen LogP contribution < -0.4 is 0 Å². The molecule has 6 nitrogen and oxygen atoms in total. The third-order valence-electron chi connectivity index (χ3n) is 2.03. The van der Waals surface area contributed by atoms with Gasteiger partial charge >= 0.3 is 5.97 Å². The fourth-order valence-corrected chi connectivity index (χ4v) is 2.87. The van der Waals surface area contributed by atoms with Gasteiger partial charge in [-0.15, -0.1) is 0 Å². The molecule has 0 radical (unpaired) electrons. The highest BCUT2D eigenvalue weighted by atomic mass is 32.2. The number of hydrogen-bond acceptors (Lipinski definition) is 5. The number of hydrogen-bond donors (Lipinski definition) is 1. The lowest BCUT2D eigenvalue weighted by atomic mass is 10.0. The molecule has 7 heteroatoms. The van der Waals surface area contributed by atoms with Crippen LogP contribution in [0.3, 0.4) is 0 Å². The summed E-state index contributed by atoms with van der Waals surface area (Å²) in [6, 6.07) is 0. The van der Waals surface area contributed by atoms with E-state index in [1.807, 2.05) is 0 Å². The Kier molecular flexibility index (Phi) is 3.37. The van der Waals surface area contributed by atoms with Crippen molar-refractivity contribution in [3.8, 4) is 0 Å². The molecule has 0 aromatic rings. The van der Waals surface area contributed by atoms with E-state index in [1.54, 1.807) is 13.8 Å². The Morgan fingerprint density at radius 2 is 2.07 bits per heavy atom. The zero-order chi connectivity index (χ0) is 11.7. The zero-order valence-corrected chi connectivity index (χ0v) is 9.58. The molecule has 0 aliphatic carbocycles. The second-order valence-corrected chi connectivity index (χ2v) is 5.80. The van der Waals surface area contributed by atoms with Crippen LogP contribution in [-0.2, 0) is 19.6 Å². The SMILES string of the molecule is CCOC(=O)CS(=O)(=O)N1CC(C)(O)C1. The van der Waals surface area contributed by atoms with Crippen LogP contribution in [0.1, 0.15) is 13.8 Å². The number of sulfonamides is 1. The van der Waals surface area contributed by atoms with Crippen molar-refractivity contribution < 1.29 is 23.1 Å². The summed E-state index contributed by atoms with van der Waals surface area (Å²) in [5.74, 6) is -1.42. The Hall–Kier alpha value is -0.660. The van der Waals surface area contributed by atoms with Gasteiger partial charge in [0.1, 0.15) is 0 Å². The summed E-state index contributed by atoms with van der Waals surface area (Å²) in [5, 5.41) is 9.36.